The smallest absolute Gasteiger partial charge is 0.339 e. The van der Waals surface area contributed by atoms with Crippen LogP contribution in [0.5, 0.6) is 5.75 Å². The zero-order chi connectivity index (χ0) is 12.7. The zero-order valence-electron chi connectivity index (χ0n) is 9.88. The van der Waals surface area contributed by atoms with Gasteiger partial charge in [0.1, 0.15) is 5.75 Å². The van der Waals surface area contributed by atoms with Gasteiger partial charge in [-0.3, -0.25) is 4.99 Å². The first-order valence-corrected chi connectivity index (χ1v) is 5.27. The van der Waals surface area contributed by atoms with Crippen LogP contribution in [0.25, 0.3) is 6.08 Å². The Morgan fingerprint density at radius 1 is 1.41 bits per heavy atom. The molecule has 0 aliphatic rings. The maximum Gasteiger partial charge on any atom is 0.339 e. The summed E-state index contributed by atoms with van der Waals surface area (Å²) in [6.45, 7) is 2.07. The summed E-state index contributed by atoms with van der Waals surface area (Å²) in [5.41, 5.74) is 1.17. The molecule has 0 amide bonds. The fourth-order valence-electron chi connectivity index (χ4n) is 1.25. The number of hydrogen-bond donors (Lipinski definition) is 1. The Labute approximate surface area is 100 Å². The molecule has 1 N–H and O–H groups in total. The van der Waals surface area contributed by atoms with E-state index in [9.17, 15) is 4.79 Å². The third-order valence-corrected chi connectivity index (χ3v) is 1.99. The molecular weight excluding hydrogens is 218 g/mol. The Kier molecular flexibility index (Phi) is 4.94. The second-order valence-electron chi connectivity index (χ2n) is 3.30. The summed E-state index contributed by atoms with van der Waals surface area (Å²) in [5.74, 6) is -0.227. The molecule has 0 heterocycles. The van der Waals surface area contributed by atoms with Crippen molar-refractivity contribution in [1.82, 2.24) is 0 Å². The van der Waals surface area contributed by atoms with E-state index in [-0.39, 0.29) is 5.75 Å². The fourth-order valence-corrected chi connectivity index (χ4v) is 1.25. The van der Waals surface area contributed by atoms with E-state index in [0.29, 0.717) is 12.2 Å². The highest BCUT2D eigenvalue weighted by Gasteiger charge is 2.07. The molecule has 1 aromatic rings. The molecule has 0 saturated heterocycles. The van der Waals surface area contributed by atoms with E-state index in [1.54, 1.807) is 44.3 Å². The van der Waals surface area contributed by atoms with Gasteiger partial charge in [-0.2, -0.15) is 0 Å². The molecule has 0 spiro atoms. The van der Waals surface area contributed by atoms with Gasteiger partial charge in [-0.1, -0.05) is 12.1 Å². The molecule has 0 fully saturated rings. The largest absolute Gasteiger partial charge is 0.508 e. The Morgan fingerprint density at radius 2 is 2.06 bits per heavy atom. The van der Waals surface area contributed by atoms with Crippen LogP contribution in [0, 0.1) is 0 Å². The van der Waals surface area contributed by atoms with Crippen LogP contribution in [-0.4, -0.2) is 30.9 Å². The average molecular weight is 233 g/mol. The molecule has 1 rings (SSSR count). The molecule has 0 aliphatic carbocycles. The van der Waals surface area contributed by atoms with E-state index in [1.807, 2.05) is 0 Å². The van der Waals surface area contributed by atoms with Crippen LogP contribution < -0.4 is 0 Å². The number of phenolic OH excluding ortho intramolecular Hbond substituents is 1. The minimum absolute atomic E-state index is 0.184. The van der Waals surface area contributed by atoms with Gasteiger partial charge in [-0.05, 0) is 30.7 Å². The number of aromatic hydroxyl groups is 1. The van der Waals surface area contributed by atoms with Crippen LogP contribution in [0.15, 0.2) is 34.8 Å². The molecule has 0 atom stereocenters. The highest BCUT2D eigenvalue weighted by molar-refractivity contribution is 6.13. The van der Waals surface area contributed by atoms with Crippen molar-refractivity contribution in [3.8, 4) is 5.75 Å². The molecule has 90 valence electrons. The van der Waals surface area contributed by atoms with Gasteiger partial charge in [-0.25, -0.2) is 4.79 Å². The first-order chi connectivity index (χ1) is 8.17. The van der Waals surface area contributed by atoms with Crippen molar-refractivity contribution in [3.63, 3.8) is 0 Å². The number of ether oxygens (including phenoxy) is 1. The minimum Gasteiger partial charge on any atom is -0.508 e. The fraction of sp³-hybridized carbons (Fsp3) is 0.231. The van der Waals surface area contributed by atoms with E-state index < -0.39 is 5.97 Å². The van der Waals surface area contributed by atoms with Crippen LogP contribution in [-0.2, 0) is 9.53 Å². The number of nitrogens with zero attached hydrogens (tertiary/aromatic N) is 1. The predicted molar refractivity (Wildman–Crippen MR) is 67.1 cm³/mol. The van der Waals surface area contributed by atoms with Crippen molar-refractivity contribution in [2.75, 3.05) is 13.7 Å². The first-order valence-electron chi connectivity index (χ1n) is 5.27. The van der Waals surface area contributed by atoms with Gasteiger partial charge in [0, 0.05) is 13.3 Å². The molecule has 0 radical (unpaired) electrons. The number of hydrogen-bond acceptors (Lipinski definition) is 4. The molecule has 1 aromatic carbocycles. The lowest BCUT2D eigenvalue weighted by Crippen LogP contribution is -2.08. The summed E-state index contributed by atoms with van der Waals surface area (Å²) < 4.78 is 4.90. The Bertz CT molecular complexity index is 432. The van der Waals surface area contributed by atoms with E-state index in [4.69, 9.17) is 9.84 Å². The average Bonchev–Trinajstić information content (AvgIpc) is 2.31. The van der Waals surface area contributed by atoms with Crippen LogP contribution in [0.3, 0.4) is 0 Å². The van der Waals surface area contributed by atoms with Crippen molar-refractivity contribution in [3.05, 3.63) is 35.4 Å². The van der Waals surface area contributed by atoms with E-state index in [0.717, 1.165) is 5.56 Å². The summed E-state index contributed by atoms with van der Waals surface area (Å²) in [6.07, 6.45) is 3.11. The second-order valence-corrected chi connectivity index (χ2v) is 3.30. The minimum atomic E-state index is -0.411. The number of esters is 1. The van der Waals surface area contributed by atoms with Gasteiger partial charge in [0.2, 0.25) is 0 Å². The third kappa shape index (κ3) is 4.10. The monoisotopic (exact) mass is 233 g/mol. The number of phenols is 1. The highest BCUT2D eigenvalue weighted by atomic mass is 16.5. The van der Waals surface area contributed by atoms with Gasteiger partial charge in [0.15, 0.2) is 0 Å². The number of benzene rings is 1. The molecule has 4 nitrogen and oxygen atoms in total. The Hall–Kier alpha value is -2.10. The molecule has 17 heavy (non-hydrogen) atoms. The van der Waals surface area contributed by atoms with Crippen molar-refractivity contribution in [2.24, 2.45) is 4.99 Å². The molecule has 0 aliphatic heterocycles. The lowest BCUT2D eigenvalue weighted by Gasteiger charge is -2.02. The van der Waals surface area contributed by atoms with Gasteiger partial charge in [0.25, 0.3) is 0 Å². The van der Waals surface area contributed by atoms with E-state index in [1.165, 1.54) is 6.21 Å². The van der Waals surface area contributed by atoms with Gasteiger partial charge < -0.3 is 9.84 Å². The maximum absolute atomic E-state index is 11.6. The lowest BCUT2D eigenvalue weighted by molar-refractivity contribution is -0.137. The number of aliphatic imine (C=N–C) groups is 1. The Balaban J connectivity index is 2.97. The topological polar surface area (TPSA) is 58.9 Å². The molecular formula is C13H15NO3. The number of carbonyl (C=O) groups excluding carboxylic acids is 1. The van der Waals surface area contributed by atoms with Crippen molar-refractivity contribution >= 4 is 18.3 Å². The van der Waals surface area contributed by atoms with Crippen LogP contribution in [0.2, 0.25) is 0 Å². The summed E-state index contributed by atoms with van der Waals surface area (Å²) in [7, 11) is 1.59. The summed E-state index contributed by atoms with van der Waals surface area (Å²) in [4.78, 5) is 15.4. The quantitative estimate of drug-likeness (QED) is 0.492. The summed E-state index contributed by atoms with van der Waals surface area (Å²) in [5, 5.41) is 9.15. The molecule has 0 bridgehead atoms. The van der Waals surface area contributed by atoms with Crippen molar-refractivity contribution in [2.45, 2.75) is 6.92 Å². The summed E-state index contributed by atoms with van der Waals surface area (Å²) in [6, 6.07) is 6.52. The van der Waals surface area contributed by atoms with Crippen LogP contribution in [0.1, 0.15) is 12.5 Å². The number of carbonyl (C=O) groups is 1. The number of rotatable bonds is 4. The van der Waals surface area contributed by atoms with Gasteiger partial charge >= 0.3 is 5.97 Å². The predicted octanol–water partition coefficient (Wildman–Crippen LogP) is 2.04. The second kappa shape index (κ2) is 6.48. The first kappa shape index (κ1) is 13.0. The molecule has 0 unspecified atom stereocenters. The normalized spacial score (nSPS) is 11.8. The zero-order valence-corrected chi connectivity index (χ0v) is 9.88. The van der Waals surface area contributed by atoms with Crippen LogP contribution in [0.4, 0.5) is 0 Å². The molecule has 0 aromatic heterocycles. The SMILES string of the molecule is CCOC(=O)C(/C=N/C)=C/c1ccc(O)cc1. The molecule has 0 saturated carbocycles. The molecule has 4 heteroatoms. The maximum atomic E-state index is 11.6. The third-order valence-electron chi connectivity index (χ3n) is 1.99. The van der Waals surface area contributed by atoms with Gasteiger partial charge in [0.05, 0.1) is 12.2 Å². The lowest BCUT2D eigenvalue weighted by atomic mass is 10.1. The van der Waals surface area contributed by atoms with Crippen LogP contribution >= 0.6 is 0 Å². The summed E-state index contributed by atoms with van der Waals surface area (Å²) >= 11 is 0. The standard InChI is InChI=1S/C13H15NO3/c1-3-17-13(16)11(9-14-2)8-10-4-6-12(15)7-5-10/h4-9,15H,3H2,1-2H3/b11-8+,14-9+. The van der Waals surface area contributed by atoms with Gasteiger partial charge in [-0.15, -0.1) is 0 Å². The van der Waals surface area contributed by atoms with E-state index in [2.05, 4.69) is 4.99 Å². The van der Waals surface area contributed by atoms with Crippen molar-refractivity contribution < 1.29 is 14.6 Å². The van der Waals surface area contributed by atoms with Crippen molar-refractivity contribution in [1.29, 1.82) is 0 Å². The highest BCUT2D eigenvalue weighted by Crippen LogP contribution is 2.12. The van der Waals surface area contributed by atoms with E-state index >= 15 is 0 Å². The Morgan fingerprint density at radius 3 is 2.59 bits per heavy atom.